The Kier molecular flexibility index (Phi) is 3.34. The normalized spacial score (nSPS) is 24.7. The first kappa shape index (κ1) is 10.1. The first-order chi connectivity index (χ1) is 3.81. The van der Waals surface area contributed by atoms with Crippen molar-refractivity contribution < 1.29 is 13.5 Å². The SMILES string of the molecule is CO[C@@](F)(Br)[C@@](F)(Cl)Br. The largest absolute Gasteiger partial charge is 0.337 e. The van der Waals surface area contributed by atoms with Gasteiger partial charge in [-0.2, -0.15) is 4.39 Å². The van der Waals surface area contributed by atoms with Crippen LogP contribution in [0, 0.1) is 0 Å². The molecule has 6 heteroatoms. The monoisotopic (exact) mass is 286 g/mol. The Morgan fingerprint density at radius 3 is 1.78 bits per heavy atom. The summed E-state index contributed by atoms with van der Waals surface area (Å²) in [5.74, 6) is 0. The van der Waals surface area contributed by atoms with Crippen LogP contribution in [0.15, 0.2) is 0 Å². The average molecular weight is 288 g/mol. The summed E-state index contributed by atoms with van der Waals surface area (Å²) in [5, 5.41) is 0. The Morgan fingerprint density at radius 2 is 1.78 bits per heavy atom. The van der Waals surface area contributed by atoms with Crippen molar-refractivity contribution in [2.45, 2.75) is 8.80 Å². The quantitative estimate of drug-likeness (QED) is 0.710. The van der Waals surface area contributed by atoms with E-state index in [2.05, 4.69) is 36.6 Å². The Morgan fingerprint density at radius 1 is 1.44 bits per heavy atom. The molecule has 9 heavy (non-hydrogen) atoms. The van der Waals surface area contributed by atoms with Gasteiger partial charge in [0.1, 0.15) is 0 Å². The van der Waals surface area contributed by atoms with E-state index in [1.165, 1.54) is 0 Å². The lowest BCUT2D eigenvalue weighted by Gasteiger charge is -2.22. The highest BCUT2D eigenvalue weighted by molar-refractivity contribution is 9.13. The van der Waals surface area contributed by atoms with E-state index in [0.29, 0.717) is 0 Å². The average Bonchev–Trinajstić information content (AvgIpc) is 1.64. The van der Waals surface area contributed by atoms with E-state index in [-0.39, 0.29) is 0 Å². The number of rotatable bonds is 2. The molecule has 0 spiro atoms. The van der Waals surface area contributed by atoms with E-state index in [1.807, 2.05) is 0 Å². The van der Waals surface area contributed by atoms with Crippen molar-refractivity contribution in [1.82, 2.24) is 0 Å². The smallest absolute Gasteiger partial charge is 0.324 e. The lowest BCUT2D eigenvalue weighted by Crippen LogP contribution is -2.33. The molecular weight excluding hydrogens is 285 g/mol. The van der Waals surface area contributed by atoms with Crippen molar-refractivity contribution in [2.24, 2.45) is 0 Å². The molecule has 0 aromatic heterocycles. The van der Waals surface area contributed by atoms with Crippen LogP contribution in [0.3, 0.4) is 0 Å². The fourth-order valence-corrected chi connectivity index (χ4v) is 0.355. The van der Waals surface area contributed by atoms with Gasteiger partial charge in [-0.3, -0.25) is 0 Å². The lowest BCUT2D eigenvalue weighted by atomic mass is 10.7. The number of alkyl halides is 5. The highest BCUT2D eigenvalue weighted by Gasteiger charge is 2.49. The molecule has 0 bridgehead atoms. The van der Waals surface area contributed by atoms with Crippen LogP contribution in [0.25, 0.3) is 0 Å². The summed E-state index contributed by atoms with van der Waals surface area (Å²) in [7, 11) is 0.979. The van der Waals surface area contributed by atoms with Crippen LogP contribution in [0.4, 0.5) is 8.78 Å². The van der Waals surface area contributed by atoms with Crippen LogP contribution in [0.5, 0.6) is 0 Å². The molecule has 0 aliphatic rings. The maximum atomic E-state index is 12.5. The van der Waals surface area contributed by atoms with E-state index in [0.717, 1.165) is 7.11 Å². The topological polar surface area (TPSA) is 9.23 Å². The van der Waals surface area contributed by atoms with Crippen molar-refractivity contribution in [2.75, 3.05) is 7.11 Å². The van der Waals surface area contributed by atoms with Gasteiger partial charge in [-0.25, -0.2) is 4.39 Å². The minimum atomic E-state index is -2.74. The molecular formula is C3H3Br2ClF2O. The summed E-state index contributed by atoms with van der Waals surface area (Å²) in [6.45, 7) is 0. The van der Waals surface area contributed by atoms with E-state index < -0.39 is 8.80 Å². The Hall–Kier alpha value is 1.07. The predicted molar refractivity (Wildman–Crippen MR) is 38.4 cm³/mol. The molecule has 0 heterocycles. The molecule has 56 valence electrons. The lowest BCUT2D eigenvalue weighted by molar-refractivity contribution is -0.0705. The number of ether oxygens (including phenoxy) is 1. The van der Waals surface area contributed by atoms with Gasteiger partial charge in [0.05, 0.1) is 0 Å². The summed E-state index contributed by atoms with van der Waals surface area (Å²) in [4.78, 5) is 0. The number of methoxy groups -OCH3 is 1. The van der Waals surface area contributed by atoms with Gasteiger partial charge in [-0.05, 0) is 31.9 Å². The molecule has 0 saturated carbocycles. The molecule has 0 radical (unpaired) electrons. The van der Waals surface area contributed by atoms with E-state index in [9.17, 15) is 8.78 Å². The molecule has 0 saturated heterocycles. The second-order valence-corrected chi connectivity index (χ2v) is 4.31. The highest BCUT2D eigenvalue weighted by atomic mass is 79.9. The zero-order chi connectivity index (χ0) is 7.71. The van der Waals surface area contributed by atoms with E-state index in [4.69, 9.17) is 11.6 Å². The minimum absolute atomic E-state index is 0.979. The van der Waals surface area contributed by atoms with Crippen LogP contribution in [-0.4, -0.2) is 15.9 Å². The first-order valence-electron chi connectivity index (χ1n) is 1.81. The second-order valence-electron chi connectivity index (χ2n) is 1.22. The second kappa shape index (κ2) is 2.98. The summed E-state index contributed by atoms with van der Waals surface area (Å²) in [6.07, 6.45) is 0. The zero-order valence-electron chi connectivity index (χ0n) is 4.30. The molecule has 0 N–H and O–H groups in total. The number of hydrogen-bond acceptors (Lipinski definition) is 1. The Labute approximate surface area is 73.0 Å². The predicted octanol–water partition coefficient (Wildman–Crippen LogP) is 2.91. The fourth-order valence-electron chi connectivity index (χ4n) is 0.116. The van der Waals surface area contributed by atoms with Gasteiger partial charge in [0.2, 0.25) is 0 Å². The molecule has 2 atom stereocenters. The molecule has 0 aliphatic carbocycles. The number of halogens is 5. The third-order valence-corrected chi connectivity index (χ3v) is 2.97. The van der Waals surface area contributed by atoms with Gasteiger partial charge in [0.15, 0.2) is 0 Å². The van der Waals surface area contributed by atoms with Crippen LogP contribution < -0.4 is 0 Å². The summed E-state index contributed by atoms with van der Waals surface area (Å²) in [6, 6.07) is 0. The van der Waals surface area contributed by atoms with Crippen molar-refractivity contribution in [3.05, 3.63) is 0 Å². The van der Waals surface area contributed by atoms with Crippen molar-refractivity contribution in [1.29, 1.82) is 0 Å². The molecule has 0 rings (SSSR count). The highest BCUT2D eigenvalue weighted by Crippen LogP contribution is 2.44. The van der Waals surface area contributed by atoms with Crippen LogP contribution in [0.1, 0.15) is 0 Å². The van der Waals surface area contributed by atoms with Gasteiger partial charge >= 0.3 is 8.80 Å². The molecule has 0 fully saturated rings. The Bertz CT molecular complexity index is 102. The zero-order valence-corrected chi connectivity index (χ0v) is 8.23. The molecule has 0 aliphatic heterocycles. The van der Waals surface area contributed by atoms with E-state index >= 15 is 0 Å². The summed E-state index contributed by atoms with van der Waals surface area (Å²) < 4.78 is 23.3. The van der Waals surface area contributed by atoms with Gasteiger partial charge < -0.3 is 4.74 Å². The van der Waals surface area contributed by atoms with Crippen LogP contribution >= 0.6 is 43.5 Å². The van der Waals surface area contributed by atoms with Crippen molar-refractivity contribution in [3.8, 4) is 0 Å². The fraction of sp³-hybridized carbons (Fsp3) is 1.00. The molecule has 1 nitrogen and oxygen atoms in total. The maximum Gasteiger partial charge on any atom is 0.324 e. The van der Waals surface area contributed by atoms with Gasteiger partial charge in [0, 0.05) is 7.11 Å². The molecule has 0 unspecified atom stereocenters. The van der Waals surface area contributed by atoms with E-state index in [1.54, 1.807) is 0 Å². The third-order valence-electron chi connectivity index (χ3n) is 0.586. The first-order valence-corrected chi connectivity index (χ1v) is 3.77. The number of hydrogen-bond donors (Lipinski definition) is 0. The van der Waals surface area contributed by atoms with Crippen LogP contribution in [0.2, 0.25) is 0 Å². The standard InChI is InChI=1S/C3H3Br2ClF2O/c1-9-3(5,8)2(4,6)7/h1H3/t2-,3+/m0/s1. The maximum absolute atomic E-state index is 12.5. The minimum Gasteiger partial charge on any atom is -0.337 e. The van der Waals surface area contributed by atoms with Crippen molar-refractivity contribution >= 4 is 43.5 Å². The summed E-state index contributed by atoms with van der Waals surface area (Å²) >= 11 is 9.30. The van der Waals surface area contributed by atoms with Gasteiger partial charge in [-0.15, -0.1) is 0 Å². The third kappa shape index (κ3) is 2.65. The van der Waals surface area contributed by atoms with Crippen LogP contribution in [-0.2, 0) is 4.74 Å². The molecule has 0 amide bonds. The summed E-state index contributed by atoms with van der Waals surface area (Å²) in [5.41, 5.74) is 0. The van der Waals surface area contributed by atoms with Gasteiger partial charge in [0.25, 0.3) is 0 Å². The Balaban J connectivity index is 4.14. The molecule has 0 aromatic carbocycles. The van der Waals surface area contributed by atoms with Crippen molar-refractivity contribution in [3.63, 3.8) is 0 Å². The van der Waals surface area contributed by atoms with Gasteiger partial charge in [-0.1, -0.05) is 11.6 Å². The molecule has 0 aromatic rings.